The zero-order valence-electron chi connectivity index (χ0n) is 22.2. The Morgan fingerprint density at radius 3 is 1.51 bits per heavy atom. The maximum Gasteiger partial charge on any atom is 0.0796 e. The van der Waals surface area contributed by atoms with Crippen LogP contribution in [0.3, 0.4) is 0 Å². The van der Waals surface area contributed by atoms with Crippen LogP contribution in [0.2, 0.25) is 0 Å². The summed E-state index contributed by atoms with van der Waals surface area (Å²) in [6.45, 7) is 5.32. The SMILES string of the molecule is CCCCCCCCCCCCCCOC(C)c1ccc(-c2ccccc2-c2ccccc2)cc1. The minimum Gasteiger partial charge on any atom is -0.374 e. The van der Waals surface area contributed by atoms with E-state index in [9.17, 15) is 0 Å². The van der Waals surface area contributed by atoms with E-state index in [0.717, 1.165) is 6.61 Å². The van der Waals surface area contributed by atoms with Crippen LogP contribution in [0, 0.1) is 0 Å². The summed E-state index contributed by atoms with van der Waals surface area (Å²) in [5, 5.41) is 0. The lowest BCUT2D eigenvalue weighted by molar-refractivity contribution is 0.0627. The molecule has 188 valence electrons. The molecule has 35 heavy (non-hydrogen) atoms. The van der Waals surface area contributed by atoms with Crippen molar-refractivity contribution in [3.05, 3.63) is 84.4 Å². The first-order chi connectivity index (χ1) is 17.3. The summed E-state index contributed by atoms with van der Waals surface area (Å²) in [6.07, 6.45) is 16.7. The Morgan fingerprint density at radius 1 is 0.514 bits per heavy atom. The van der Waals surface area contributed by atoms with E-state index < -0.39 is 0 Å². The molecule has 0 saturated carbocycles. The molecule has 0 aliphatic carbocycles. The Bertz CT molecular complexity index is 928. The maximum atomic E-state index is 6.16. The van der Waals surface area contributed by atoms with Gasteiger partial charge in [0, 0.05) is 6.61 Å². The second kappa shape index (κ2) is 16.3. The van der Waals surface area contributed by atoms with Crippen molar-refractivity contribution >= 4 is 0 Å². The normalized spacial score (nSPS) is 12.1. The average molecular weight is 471 g/mol. The van der Waals surface area contributed by atoms with Crippen LogP contribution in [0.15, 0.2) is 78.9 Å². The van der Waals surface area contributed by atoms with E-state index in [1.165, 1.54) is 105 Å². The largest absolute Gasteiger partial charge is 0.374 e. The molecule has 1 nitrogen and oxygen atoms in total. The summed E-state index contributed by atoms with van der Waals surface area (Å²) in [6, 6.07) is 28.2. The van der Waals surface area contributed by atoms with E-state index in [1.54, 1.807) is 0 Å². The molecule has 0 radical (unpaired) electrons. The van der Waals surface area contributed by atoms with Crippen molar-refractivity contribution in [1.29, 1.82) is 0 Å². The summed E-state index contributed by atoms with van der Waals surface area (Å²) in [7, 11) is 0. The first-order valence-electron chi connectivity index (χ1n) is 14.2. The van der Waals surface area contributed by atoms with Crippen molar-refractivity contribution in [2.45, 2.75) is 97.0 Å². The van der Waals surface area contributed by atoms with E-state index in [1.807, 2.05) is 0 Å². The molecule has 0 aliphatic heterocycles. The third-order valence-electron chi connectivity index (χ3n) is 7.07. The van der Waals surface area contributed by atoms with Crippen LogP contribution >= 0.6 is 0 Å². The van der Waals surface area contributed by atoms with E-state index in [4.69, 9.17) is 4.74 Å². The van der Waals surface area contributed by atoms with Crippen molar-refractivity contribution in [3.8, 4) is 22.3 Å². The molecule has 0 aliphatic rings. The van der Waals surface area contributed by atoms with Crippen LogP contribution in [0.4, 0.5) is 0 Å². The molecule has 3 aromatic rings. The van der Waals surface area contributed by atoms with Gasteiger partial charge in [0.05, 0.1) is 6.10 Å². The van der Waals surface area contributed by atoms with Crippen LogP contribution in [0.5, 0.6) is 0 Å². The number of hydrogen-bond acceptors (Lipinski definition) is 1. The highest BCUT2D eigenvalue weighted by atomic mass is 16.5. The average Bonchev–Trinajstić information content (AvgIpc) is 2.92. The molecule has 0 bridgehead atoms. The van der Waals surface area contributed by atoms with Gasteiger partial charge in [-0.2, -0.15) is 0 Å². The molecule has 0 spiro atoms. The van der Waals surface area contributed by atoms with E-state index in [0.29, 0.717) is 0 Å². The molecular weight excluding hydrogens is 424 g/mol. The van der Waals surface area contributed by atoms with Crippen LogP contribution in [-0.2, 0) is 4.74 Å². The van der Waals surface area contributed by atoms with E-state index in [2.05, 4.69) is 92.7 Å². The summed E-state index contributed by atoms with van der Waals surface area (Å²) in [5.41, 5.74) is 6.31. The lowest BCUT2D eigenvalue weighted by Crippen LogP contribution is -2.02. The Balaban J connectivity index is 1.34. The number of benzene rings is 3. The molecule has 0 N–H and O–H groups in total. The third kappa shape index (κ3) is 9.65. The standard InChI is InChI=1S/C34H46O/c1-3-4-5-6-7-8-9-10-11-12-13-19-28-35-29(2)30-24-26-32(27-25-30)34-23-18-17-22-33(34)31-20-15-14-16-21-31/h14-18,20-27,29H,3-13,19,28H2,1-2H3. The predicted molar refractivity (Wildman–Crippen MR) is 153 cm³/mol. The highest BCUT2D eigenvalue weighted by Crippen LogP contribution is 2.32. The predicted octanol–water partition coefficient (Wildman–Crippen LogP) is 10.8. The molecule has 0 fully saturated rings. The second-order valence-electron chi connectivity index (χ2n) is 9.94. The first-order valence-corrected chi connectivity index (χ1v) is 14.2. The van der Waals surface area contributed by atoms with Crippen LogP contribution < -0.4 is 0 Å². The highest BCUT2D eigenvalue weighted by molar-refractivity contribution is 5.83. The van der Waals surface area contributed by atoms with Crippen molar-refractivity contribution in [1.82, 2.24) is 0 Å². The zero-order valence-corrected chi connectivity index (χ0v) is 22.2. The maximum absolute atomic E-state index is 6.16. The van der Waals surface area contributed by atoms with Crippen LogP contribution in [0.1, 0.15) is 103 Å². The molecule has 0 aromatic heterocycles. The monoisotopic (exact) mass is 470 g/mol. The van der Waals surface area contributed by atoms with Gasteiger partial charge in [0.15, 0.2) is 0 Å². The number of ether oxygens (including phenoxy) is 1. The smallest absolute Gasteiger partial charge is 0.0796 e. The fourth-order valence-electron chi connectivity index (χ4n) is 4.84. The molecule has 1 heteroatoms. The first kappa shape index (κ1) is 27.2. The molecule has 1 atom stereocenters. The van der Waals surface area contributed by atoms with E-state index >= 15 is 0 Å². The third-order valence-corrected chi connectivity index (χ3v) is 7.07. The lowest BCUT2D eigenvalue weighted by Gasteiger charge is -2.15. The molecule has 3 rings (SSSR count). The number of hydrogen-bond donors (Lipinski definition) is 0. The lowest BCUT2D eigenvalue weighted by atomic mass is 9.94. The molecule has 1 unspecified atom stereocenters. The Morgan fingerprint density at radius 2 is 0.971 bits per heavy atom. The summed E-state index contributed by atoms with van der Waals surface area (Å²) in [5.74, 6) is 0. The van der Waals surface area contributed by atoms with Crippen LogP contribution in [0.25, 0.3) is 22.3 Å². The fourth-order valence-corrected chi connectivity index (χ4v) is 4.84. The Hall–Kier alpha value is -2.38. The molecular formula is C34H46O. The topological polar surface area (TPSA) is 9.23 Å². The van der Waals surface area contributed by atoms with Gasteiger partial charge in [0.25, 0.3) is 0 Å². The van der Waals surface area contributed by atoms with Gasteiger partial charge in [-0.1, -0.05) is 156 Å². The van der Waals surface area contributed by atoms with Crippen molar-refractivity contribution in [3.63, 3.8) is 0 Å². The molecule has 0 heterocycles. The minimum absolute atomic E-state index is 0.140. The van der Waals surface area contributed by atoms with Gasteiger partial charge in [-0.25, -0.2) is 0 Å². The van der Waals surface area contributed by atoms with Gasteiger partial charge in [-0.15, -0.1) is 0 Å². The fraction of sp³-hybridized carbons (Fsp3) is 0.471. The molecule has 0 saturated heterocycles. The van der Waals surface area contributed by atoms with Crippen molar-refractivity contribution in [2.24, 2.45) is 0 Å². The summed E-state index contributed by atoms with van der Waals surface area (Å²) < 4.78 is 6.16. The van der Waals surface area contributed by atoms with Crippen molar-refractivity contribution < 1.29 is 4.74 Å². The number of unbranched alkanes of at least 4 members (excludes halogenated alkanes) is 11. The minimum atomic E-state index is 0.140. The zero-order chi connectivity index (χ0) is 24.6. The van der Waals surface area contributed by atoms with Gasteiger partial charge >= 0.3 is 0 Å². The Kier molecular flexibility index (Phi) is 12.7. The number of rotatable bonds is 17. The van der Waals surface area contributed by atoms with Gasteiger partial charge in [-0.3, -0.25) is 0 Å². The van der Waals surface area contributed by atoms with Crippen LogP contribution in [-0.4, -0.2) is 6.61 Å². The summed E-state index contributed by atoms with van der Waals surface area (Å²) in [4.78, 5) is 0. The van der Waals surface area contributed by atoms with E-state index in [-0.39, 0.29) is 6.10 Å². The van der Waals surface area contributed by atoms with Gasteiger partial charge in [0.1, 0.15) is 0 Å². The van der Waals surface area contributed by atoms with Gasteiger partial charge in [-0.05, 0) is 41.2 Å². The summed E-state index contributed by atoms with van der Waals surface area (Å²) >= 11 is 0. The quantitative estimate of drug-likeness (QED) is 0.178. The Labute approximate surface area is 214 Å². The highest BCUT2D eigenvalue weighted by Gasteiger charge is 2.09. The van der Waals surface area contributed by atoms with Gasteiger partial charge in [0.2, 0.25) is 0 Å². The van der Waals surface area contributed by atoms with Gasteiger partial charge < -0.3 is 4.74 Å². The second-order valence-corrected chi connectivity index (χ2v) is 9.94. The van der Waals surface area contributed by atoms with Crippen molar-refractivity contribution in [2.75, 3.05) is 6.61 Å². The molecule has 3 aromatic carbocycles. The molecule has 0 amide bonds.